The van der Waals surface area contributed by atoms with E-state index in [0.29, 0.717) is 30.5 Å². The molecule has 1 aromatic heterocycles. The first kappa shape index (κ1) is 20.1. The van der Waals surface area contributed by atoms with Gasteiger partial charge in [0.2, 0.25) is 5.95 Å². The van der Waals surface area contributed by atoms with Crippen LogP contribution in [0.25, 0.3) is 0 Å². The van der Waals surface area contributed by atoms with Crippen molar-refractivity contribution < 1.29 is 14.3 Å². The van der Waals surface area contributed by atoms with E-state index in [0.717, 1.165) is 22.7 Å². The molecule has 0 aliphatic heterocycles. The van der Waals surface area contributed by atoms with Gasteiger partial charge >= 0.3 is 5.97 Å². The Labute approximate surface area is 170 Å². The Balaban J connectivity index is 1.69. The topological polar surface area (TPSA) is 85.4 Å². The Morgan fingerprint density at radius 1 is 1.07 bits per heavy atom. The number of aryl methyl sites for hydroxylation is 1. The van der Waals surface area contributed by atoms with Gasteiger partial charge in [-0.1, -0.05) is 18.2 Å². The Bertz CT molecular complexity index is 974. The van der Waals surface area contributed by atoms with Gasteiger partial charge in [-0.15, -0.1) is 0 Å². The molecule has 7 heteroatoms. The van der Waals surface area contributed by atoms with Crippen molar-refractivity contribution in [1.82, 2.24) is 9.97 Å². The molecule has 3 rings (SSSR count). The van der Waals surface area contributed by atoms with Gasteiger partial charge in [-0.3, -0.25) is 0 Å². The summed E-state index contributed by atoms with van der Waals surface area (Å²) in [4.78, 5) is 20.7. The molecule has 0 bridgehead atoms. The molecule has 7 nitrogen and oxygen atoms in total. The molecule has 0 spiro atoms. The first-order valence-electron chi connectivity index (χ1n) is 9.34. The van der Waals surface area contributed by atoms with Gasteiger partial charge in [-0.2, -0.15) is 4.98 Å². The highest BCUT2D eigenvalue weighted by atomic mass is 16.5. The van der Waals surface area contributed by atoms with Gasteiger partial charge in [-0.25, -0.2) is 9.78 Å². The van der Waals surface area contributed by atoms with E-state index in [1.54, 1.807) is 38.3 Å². The number of hydrogen-bond donors (Lipinski definition) is 2. The van der Waals surface area contributed by atoms with Gasteiger partial charge in [0.05, 0.1) is 19.3 Å². The summed E-state index contributed by atoms with van der Waals surface area (Å²) in [6, 6.07) is 16.7. The molecular weight excluding hydrogens is 368 g/mol. The Hall–Kier alpha value is -3.61. The third-order valence-electron chi connectivity index (χ3n) is 4.16. The van der Waals surface area contributed by atoms with Crippen LogP contribution in [0, 0.1) is 6.92 Å². The minimum absolute atomic E-state index is 0.339. The number of methoxy groups -OCH3 is 1. The second-order valence-corrected chi connectivity index (χ2v) is 6.31. The first-order chi connectivity index (χ1) is 14.1. The average molecular weight is 392 g/mol. The van der Waals surface area contributed by atoms with Crippen LogP contribution in [0.3, 0.4) is 0 Å². The van der Waals surface area contributed by atoms with E-state index >= 15 is 0 Å². The largest absolute Gasteiger partial charge is 0.496 e. The van der Waals surface area contributed by atoms with Crippen molar-refractivity contribution in [2.24, 2.45) is 0 Å². The van der Waals surface area contributed by atoms with Crippen LogP contribution in [0.1, 0.15) is 28.5 Å². The van der Waals surface area contributed by atoms with Crippen LogP contribution in [0.2, 0.25) is 0 Å². The molecule has 0 fully saturated rings. The Morgan fingerprint density at radius 2 is 1.83 bits per heavy atom. The molecule has 0 aliphatic rings. The van der Waals surface area contributed by atoms with Crippen LogP contribution >= 0.6 is 0 Å². The third kappa shape index (κ3) is 5.44. The lowest BCUT2D eigenvalue weighted by Gasteiger charge is -2.12. The fourth-order valence-corrected chi connectivity index (χ4v) is 2.78. The van der Waals surface area contributed by atoms with Crippen LogP contribution in [-0.2, 0) is 11.3 Å². The fraction of sp³-hybridized carbons (Fsp3) is 0.227. The van der Waals surface area contributed by atoms with Crippen molar-refractivity contribution in [2.75, 3.05) is 24.4 Å². The summed E-state index contributed by atoms with van der Waals surface area (Å²) in [6.07, 6.45) is 0. The molecule has 0 saturated heterocycles. The van der Waals surface area contributed by atoms with Crippen molar-refractivity contribution >= 4 is 23.4 Å². The number of esters is 1. The standard InChI is InChI=1S/C22H24N4O3/c1-4-29-21(27)16-9-11-18(12-10-16)25-22-24-15(2)13-20(26-22)23-14-17-7-5-6-8-19(17)28-3/h5-13H,4,14H2,1-3H3,(H2,23,24,25,26). The van der Waals surface area contributed by atoms with Gasteiger partial charge in [0.25, 0.3) is 0 Å². The van der Waals surface area contributed by atoms with Gasteiger partial charge in [-0.05, 0) is 44.2 Å². The lowest BCUT2D eigenvalue weighted by molar-refractivity contribution is 0.0526. The van der Waals surface area contributed by atoms with E-state index in [2.05, 4.69) is 20.6 Å². The second-order valence-electron chi connectivity index (χ2n) is 6.31. The smallest absolute Gasteiger partial charge is 0.338 e. The number of benzene rings is 2. The monoisotopic (exact) mass is 392 g/mol. The first-order valence-corrected chi connectivity index (χ1v) is 9.34. The minimum atomic E-state index is -0.339. The predicted octanol–water partition coefficient (Wildman–Crippen LogP) is 4.33. The molecule has 2 aromatic carbocycles. The predicted molar refractivity (Wildman–Crippen MR) is 113 cm³/mol. The van der Waals surface area contributed by atoms with Crippen molar-refractivity contribution in [3.63, 3.8) is 0 Å². The Morgan fingerprint density at radius 3 is 2.55 bits per heavy atom. The highest BCUT2D eigenvalue weighted by Crippen LogP contribution is 2.20. The lowest BCUT2D eigenvalue weighted by atomic mass is 10.2. The van der Waals surface area contributed by atoms with E-state index in [4.69, 9.17) is 9.47 Å². The molecule has 0 unspecified atom stereocenters. The molecule has 1 heterocycles. The van der Waals surface area contributed by atoms with E-state index in [1.807, 2.05) is 37.3 Å². The zero-order chi connectivity index (χ0) is 20.6. The number of hydrogen-bond acceptors (Lipinski definition) is 7. The highest BCUT2D eigenvalue weighted by Gasteiger charge is 2.08. The molecule has 0 amide bonds. The van der Waals surface area contributed by atoms with Crippen molar-refractivity contribution in [3.05, 3.63) is 71.4 Å². The fourth-order valence-electron chi connectivity index (χ4n) is 2.78. The van der Waals surface area contributed by atoms with E-state index < -0.39 is 0 Å². The van der Waals surface area contributed by atoms with Crippen LogP contribution in [0.5, 0.6) is 5.75 Å². The number of carbonyl (C=O) groups excluding carboxylic acids is 1. The Kier molecular flexibility index (Phi) is 6.63. The van der Waals surface area contributed by atoms with Crippen molar-refractivity contribution in [2.45, 2.75) is 20.4 Å². The molecule has 150 valence electrons. The summed E-state index contributed by atoms with van der Waals surface area (Å²) >= 11 is 0. The number of nitrogens with one attached hydrogen (secondary N) is 2. The number of rotatable bonds is 8. The average Bonchev–Trinajstić information content (AvgIpc) is 2.73. The summed E-state index contributed by atoms with van der Waals surface area (Å²) in [5, 5.41) is 6.47. The quantitative estimate of drug-likeness (QED) is 0.552. The summed E-state index contributed by atoms with van der Waals surface area (Å²) < 4.78 is 10.4. The van der Waals surface area contributed by atoms with Crippen LogP contribution in [-0.4, -0.2) is 29.7 Å². The SMILES string of the molecule is CCOC(=O)c1ccc(Nc2nc(C)cc(NCc3ccccc3OC)n2)cc1. The molecule has 2 N–H and O–H groups in total. The maximum atomic E-state index is 11.8. The van der Waals surface area contributed by atoms with Crippen molar-refractivity contribution in [3.8, 4) is 5.75 Å². The molecular formula is C22H24N4O3. The van der Waals surface area contributed by atoms with Gasteiger partial charge in [0, 0.05) is 29.6 Å². The maximum Gasteiger partial charge on any atom is 0.338 e. The maximum absolute atomic E-state index is 11.8. The lowest BCUT2D eigenvalue weighted by Crippen LogP contribution is -2.07. The van der Waals surface area contributed by atoms with Crippen LogP contribution in [0.4, 0.5) is 17.5 Å². The molecule has 0 saturated carbocycles. The second kappa shape index (κ2) is 9.54. The van der Waals surface area contributed by atoms with Gasteiger partial charge in [0.15, 0.2) is 0 Å². The minimum Gasteiger partial charge on any atom is -0.496 e. The molecule has 0 aliphatic carbocycles. The molecule has 0 atom stereocenters. The normalized spacial score (nSPS) is 10.3. The number of carbonyl (C=O) groups is 1. The van der Waals surface area contributed by atoms with Gasteiger partial charge < -0.3 is 20.1 Å². The summed E-state index contributed by atoms with van der Waals surface area (Å²) in [7, 11) is 1.66. The zero-order valence-electron chi connectivity index (χ0n) is 16.7. The summed E-state index contributed by atoms with van der Waals surface area (Å²) in [5.41, 5.74) is 3.14. The zero-order valence-corrected chi connectivity index (χ0v) is 16.7. The molecule has 0 radical (unpaired) electrons. The molecule has 3 aromatic rings. The van der Waals surface area contributed by atoms with Crippen molar-refractivity contribution in [1.29, 1.82) is 0 Å². The van der Waals surface area contributed by atoms with Gasteiger partial charge in [0.1, 0.15) is 11.6 Å². The number of para-hydroxylation sites is 1. The van der Waals surface area contributed by atoms with E-state index in [-0.39, 0.29) is 5.97 Å². The number of aromatic nitrogens is 2. The molecule has 29 heavy (non-hydrogen) atoms. The van der Waals surface area contributed by atoms with E-state index in [9.17, 15) is 4.79 Å². The van der Waals surface area contributed by atoms with E-state index in [1.165, 1.54) is 0 Å². The number of nitrogens with zero attached hydrogens (tertiary/aromatic N) is 2. The van der Waals surface area contributed by atoms with Crippen LogP contribution < -0.4 is 15.4 Å². The summed E-state index contributed by atoms with van der Waals surface area (Å²) in [5.74, 6) is 1.66. The third-order valence-corrected chi connectivity index (χ3v) is 4.16. The number of anilines is 3. The highest BCUT2D eigenvalue weighted by molar-refractivity contribution is 5.89. The number of ether oxygens (including phenoxy) is 2. The van der Waals surface area contributed by atoms with Crippen LogP contribution in [0.15, 0.2) is 54.6 Å². The summed E-state index contributed by atoms with van der Waals surface area (Å²) in [6.45, 7) is 4.61.